The number of fused-ring (bicyclic) bond motifs is 1. The summed E-state index contributed by atoms with van der Waals surface area (Å²) in [5, 5.41) is 11.8. The van der Waals surface area contributed by atoms with Crippen LogP contribution in [0.3, 0.4) is 0 Å². The fraction of sp³-hybridized carbons (Fsp3) is 0.120. The average Bonchev–Trinajstić information content (AvgIpc) is 3.44. The number of aliphatic hydroxyl groups excluding tert-OH is 1. The number of aliphatic hydroxyl groups is 1. The Morgan fingerprint density at radius 1 is 1.00 bits per heavy atom. The van der Waals surface area contributed by atoms with Crippen molar-refractivity contribution in [2.24, 2.45) is 7.05 Å². The second-order valence-corrected chi connectivity index (χ2v) is 7.45. The van der Waals surface area contributed by atoms with Gasteiger partial charge < -0.3 is 19.4 Å². The van der Waals surface area contributed by atoms with Gasteiger partial charge in [-0.1, -0.05) is 36.4 Å². The molecule has 2 aromatic carbocycles. The molecule has 0 aliphatic heterocycles. The zero-order valence-electron chi connectivity index (χ0n) is 17.3. The van der Waals surface area contributed by atoms with E-state index in [9.17, 15) is 5.11 Å². The summed E-state index contributed by atoms with van der Waals surface area (Å²) in [6.07, 6.45) is 6.52. The minimum atomic E-state index is -0.798. The quantitative estimate of drug-likeness (QED) is 0.440. The maximum Gasteiger partial charge on any atom is 0.142 e. The monoisotopic (exact) mass is 410 g/mol. The number of hydrogen-bond donors (Lipinski definition) is 2. The number of aromatic amines is 1. The Hall–Kier alpha value is -3.90. The van der Waals surface area contributed by atoms with Crippen molar-refractivity contribution in [3.63, 3.8) is 0 Å². The molecule has 5 aromatic rings. The molecule has 5 rings (SSSR count). The van der Waals surface area contributed by atoms with Crippen LogP contribution in [0.1, 0.15) is 17.5 Å². The molecule has 6 nitrogen and oxygen atoms in total. The lowest BCUT2D eigenvalue weighted by Gasteiger charge is -2.13. The van der Waals surface area contributed by atoms with Gasteiger partial charge in [-0.15, -0.1) is 0 Å². The van der Waals surface area contributed by atoms with Crippen molar-refractivity contribution < 1.29 is 9.84 Å². The van der Waals surface area contributed by atoms with Crippen molar-refractivity contribution in [2.45, 2.75) is 6.10 Å². The lowest BCUT2D eigenvalue weighted by atomic mass is 9.99. The van der Waals surface area contributed by atoms with Crippen molar-refractivity contribution in [3.05, 3.63) is 90.8 Å². The van der Waals surface area contributed by atoms with Crippen LogP contribution in [0.25, 0.3) is 33.3 Å². The van der Waals surface area contributed by atoms with Gasteiger partial charge in [0.05, 0.1) is 7.11 Å². The predicted octanol–water partition coefficient (Wildman–Crippen LogP) is 4.72. The van der Waals surface area contributed by atoms with E-state index in [1.54, 1.807) is 13.3 Å². The number of nitrogens with one attached hydrogen (secondary N) is 1. The van der Waals surface area contributed by atoms with Gasteiger partial charge in [0.2, 0.25) is 0 Å². The van der Waals surface area contributed by atoms with Crippen molar-refractivity contribution in [2.75, 3.05) is 7.11 Å². The number of aromatic nitrogens is 4. The average molecular weight is 410 g/mol. The van der Waals surface area contributed by atoms with Crippen molar-refractivity contribution >= 4 is 11.0 Å². The highest BCUT2D eigenvalue weighted by Crippen LogP contribution is 2.36. The number of nitrogens with zero attached hydrogens (tertiary/aromatic N) is 3. The van der Waals surface area contributed by atoms with Crippen molar-refractivity contribution in [3.8, 4) is 28.0 Å². The van der Waals surface area contributed by atoms with E-state index < -0.39 is 6.10 Å². The zero-order chi connectivity index (χ0) is 21.4. The normalized spacial score (nSPS) is 12.2. The van der Waals surface area contributed by atoms with Gasteiger partial charge in [0.1, 0.15) is 23.3 Å². The van der Waals surface area contributed by atoms with E-state index >= 15 is 0 Å². The van der Waals surface area contributed by atoms with Gasteiger partial charge in [-0.05, 0) is 29.3 Å². The number of imidazole rings is 1. The highest BCUT2D eigenvalue weighted by molar-refractivity contribution is 5.97. The molecule has 3 heterocycles. The van der Waals surface area contributed by atoms with Crippen LogP contribution in [-0.4, -0.2) is 31.7 Å². The smallest absolute Gasteiger partial charge is 0.142 e. The Labute approximate surface area is 179 Å². The SMILES string of the molecule is COc1ccccc1-c1c[nH]c2ncc(-c3cccc(C(O)c4nccn4C)c3)cc12. The summed E-state index contributed by atoms with van der Waals surface area (Å²) in [6.45, 7) is 0. The molecule has 31 heavy (non-hydrogen) atoms. The summed E-state index contributed by atoms with van der Waals surface area (Å²) in [5.41, 5.74) is 5.59. The molecule has 6 heteroatoms. The third kappa shape index (κ3) is 3.37. The van der Waals surface area contributed by atoms with E-state index in [4.69, 9.17) is 4.74 Å². The molecule has 1 unspecified atom stereocenters. The highest BCUT2D eigenvalue weighted by Gasteiger charge is 2.16. The Kier molecular flexibility index (Phi) is 4.76. The number of hydrogen-bond acceptors (Lipinski definition) is 4. The Bertz CT molecular complexity index is 1370. The second-order valence-electron chi connectivity index (χ2n) is 7.45. The van der Waals surface area contributed by atoms with E-state index in [1.807, 2.05) is 78.7 Å². The van der Waals surface area contributed by atoms with Gasteiger partial charge in [0, 0.05) is 53.9 Å². The molecule has 0 aliphatic rings. The predicted molar refractivity (Wildman–Crippen MR) is 121 cm³/mol. The van der Waals surface area contributed by atoms with Crippen LogP contribution in [0.5, 0.6) is 5.75 Å². The van der Waals surface area contributed by atoms with E-state index in [2.05, 4.69) is 21.0 Å². The van der Waals surface area contributed by atoms with Crippen LogP contribution >= 0.6 is 0 Å². The molecule has 0 aliphatic carbocycles. The van der Waals surface area contributed by atoms with Gasteiger partial charge in [0.15, 0.2) is 0 Å². The molecule has 0 fully saturated rings. The summed E-state index contributed by atoms with van der Waals surface area (Å²) in [5.74, 6) is 1.42. The topological polar surface area (TPSA) is 76.0 Å². The molecular weight excluding hydrogens is 388 g/mol. The summed E-state index contributed by atoms with van der Waals surface area (Å²) in [7, 11) is 3.55. The van der Waals surface area contributed by atoms with Crippen LogP contribution in [0.4, 0.5) is 0 Å². The molecule has 0 radical (unpaired) electrons. The number of pyridine rings is 1. The van der Waals surface area contributed by atoms with Gasteiger partial charge in [-0.25, -0.2) is 9.97 Å². The molecule has 0 bridgehead atoms. The molecule has 0 amide bonds. The molecule has 0 spiro atoms. The number of para-hydroxylation sites is 1. The standard InChI is InChI=1S/C25H22N4O2/c1-29-11-10-26-25(29)23(30)17-7-5-6-16(12-17)18-13-20-21(15-28-24(20)27-14-18)19-8-3-4-9-22(19)31-2/h3-15,23,30H,1-2H3,(H,27,28). The zero-order valence-corrected chi connectivity index (χ0v) is 17.3. The lowest BCUT2D eigenvalue weighted by molar-refractivity contribution is 0.206. The molecular formula is C25H22N4O2. The van der Waals surface area contributed by atoms with Gasteiger partial charge in [-0.2, -0.15) is 0 Å². The second kappa shape index (κ2) is 7.74. The van der Waals surface area contributed by atoms with E-state index in [1.165, 1.54) is 0 Å². The number of aryl methyl sites for hydroxylation is 1. The molecule has 1 atom stereocenters. The van der Waals surface area contributed by atoms with Crippen LogP contribution < -0.4 is 4.74 Å². The van der Waals surface area contributed by atoms with Crippen LogP contribution in [-0.2, 0) is 7.05 Å². The number of benzene rings is 2. The van der Waals surface area contributed by atoms with E-state index in [-0.39, 0.29) is 0 Å². The first-order valence-corrected chi connectivity index (χ1v) is 10.0. The molecule has 2 N–H and O–H groups in total. The van der Waals surface area contributed by atoms with Crippen LogP contribution in [0, 0.1) is 0 Å². The first-order chi connectivity index (χ1) is 15.2. The lowest BCUT2D eigenvalue weighted by Crippen LogP contribution is -2.06. The summed E-state index contributed by atoms with van der Waals surface area (Å²) >= 11 is 0. The molecule has 0 saturated carbocycles. The summed E-state index contributed by atoms with van der Waals surface area (Å²) in [4.78, 5) is 12.2. The van der Waals surface area contributed by atoms with E-state index in [0.29, 0.717) is 5.82 Å². The third-order valence-electron chi connectivity index (χ3n) is 5.57. The number of rotatable bonds is 5. The fourth-order valence-electron chi connectivity index (χ4n) is 3.93. The van der Waals surface area contributed by atoms with Crippen LogP contribution in [0.2, 0.25) is 0 Å². The third-order valence-corrected chi connectivity index (χ3v) is 5.57. The molecule has 154 valence electrons. The minimum absolute atomic E-state index is 0.606. The first kappa shape index (κ1) is 19.1. The summed E-state index contributed by atoms with van der Waals surface area (Å²) < 4.78 is 7.37. The molecule has 0 saturated heterocycles. The Morgan fingerprint density at radius 2 is 1.87 bits per heavy atom. The number of methoxy groups -OCH3 is 1. The fourth-order valence-corrected chi connectivity index (χ4v) is 3.93. The van der Waals surface area contributed by atoms with E-state index in [0.717, 1.165) is 44.6 Å². The molecule has 3 aromatic heterocycles. The van der Waals surface area contributed by atoms with Crippen LogP contribution in [0.15, 0.2) is 79.4 Å². The number of ether oxygens (including phenoxy) is 1. The maximum absolute atomic E-state index is 10.8. The van der Waals surface area contributed by atoms with Crippen molar-refractivity contribution in [1.29, 1.82) is 0 Å². The Balaban J connectivity index is 1.58. The largest absolute Gasteiger partial charge is 0.496 e. The highest BCUT2D eigenvalue weighted by atomic mass is 16.5. The van der Waals surface area contributed by atoms with Crippen molar-refractivity contribution in [1.82, 2.24) is 19.5 Å². The van der Waals surface area contributed by atoms with Gasteiger partial charge in [-0.3, -0.25) is 0 Å². The van der Waals surface area contributed by atoms with Gasteiger partial charge >= 0.3 is 0 Å². The number of H-pyrrole nitrogens is 1. The minimum Gasteiger partial charge on any atom is -0.496 e. The maximum atomic E-state index is 10.8. The summed E-state index contributed by atoms with van der Waals surface area (Å²) in [6, 6.07) is 17.9. The first-order valence-electron chi connectivity index (χ1n) is 10.0. The Morgan fingerprint density at radius 3 is 2.68 bits per heavy atom. The van der Waals surface area contributed by atoms with Gasteiger partial charge in [0.25, 0.3) is 0 Å².